The van der Waals surface area contributed by atoms with Crippen LogP contribution in [0.25, 0.3) is 0 Å². The van der Waals surface area contributed by atoms with Gasteiger partial charge in [-0.15, -0.1) is 0 Å². The molecular weight excluding hydrogens is 206 g/mol. The third-order valence-electron chi connectivity index (χ3n) is 1.53. The topological polar surface area (TPSA) is 22.1 Å². The number of methoxy groups -OCH3 is 1. The molecule has 0 unspecified atom stereocenters. The van der Waals surface area contributed by atoms with Crippen molar-refractivity contribution in [2.75, 3.05) is 7.11 Å². The molecule has 2 nitrogen and oxygen atoms in total. The molecule has 0 aliphatic rings. The molecule has 1 heterocycles. The van der Waals surface area contributed by atoms with Crippen molar-refractivity contribution < 1.29 is 4.74 Å². The second-order valence-electron chi connectivity index (χ2n) is 2.15. The van der Waals surface area contributed by atoms with Crippen LogP contribution in [0.2, 0.25) is 0 Å². The first kappa shape index (κ1) is 8.53. The number of rotatable bonds is 2. The molecule has 0 amide bonds. The molecule has 11 heavy (non-hydrogen) atoms. The maximum atomic E-state index is 5.16. The zero-order valence-corrected chi connectivity index (χ0v) is 8.18. The van der Waals surface area contributed by atoms with Gasteiger partial charge in [0.1, 0.15) is 4.60 Å². The average molecular weight is 216 g/mol. The van der Waals surface area contributed by atoms with Crippen molar-refractivity contribution >= 4 is 15.9 Å². The van der Waals surface area contributed by atoms with Gasteiger partial charge in [-0.05, 0) is 34.0 Å². The van der Waals surface area contributed by atoms with Gasteiger partial charge >= 0.3 is 0 Å². The van der Waals surface area contributed by atoms with Crippen LogP contribution >= 0.6 is 15.9 Å². The van der Waals surface area contributed by atoms with E-state index in [0.717, 1.165) is 16.8 Å². The molecule has 0 spiro atoms. The van der Waals surface area contributed by atoms with Crippen molar-refractivity contribution in [3.63, 3.8) is 0 Å². The number of aryl methyl sites for hydroxylation is 1. The Balaban J connectivity index is 3.13. The molecule has 60 valence electrons. The van der Waals surface area contributed by atoms with E-state index in [1.54, 1.807) is 13.3 Å². The van der Waals surface area contributed by atoms with Crippen molar-refractivity contribution in [1.82, 2.24) is 4.98 Å². The first-order valence-electron chi connectivity index (χ1n) is 3.47. The molecule has 1 aromatic heterocycles. The molecule has 0 N–H and O–H groups in total. The molecule has 0 aliphatic heterocycles. The molecule has 1 aromatic rings. The largest absolute Gasteiger partial charge is 0.494 e. The second-order valence-corrected chi connectivity index (χ2v) is 2.90. The average Bonchev–Trinajstić information content (AvgIpc) is 2.04. The predicted molar refractivity (Wildman–Crippen MR) is 47.9 cm³/mol. The molecule has 3 heteroatoms. The molecule has 0 saturated heterocycles. The van der Waals surface area contributed by atoms with Crippen LogP contribution < -0.4 is 4.74 Å². The maximum Gasteiger partial charge on any atom is 0.154 e. The standard InChI is InChI=1S/C8H10BrNO/c1-3-6-4-5-10-8(9)7(6)11-2/h4-5H,3H2,1-2H3. The summed E-state index contributed by atoms with van der Waals surface area (Å²) in [6.45, 7) is 2.09. The van der Waals surface area contributed by atoms with E-state index in [0.29, 0.717) is 0 Å². The first-order chi connectivity index (χ1) is 5.29. The normalized spacial score (nSPS) is 9.73. The van der Waals surface area contributed by atoms with E-state index in [9.17, 15) is 0 Å². The van der Waals surface area contributed by atoms with Crippen LogP contribution in [0.1, 0.15) is 12.5 Å². The summed E-state index contributed by atoms with van der Waals surface area (Å²) in [5.74, 6) is 0.843. The van der Waals surface area contributed by atoms with Gasteiger partial charge in [-0.3, -0.25) is 0 Å². The van der Waals surface area contributed by atoms with E-state index in [4.69, 9.17) is 4.74 Å². The van der Waals surface area contributed by atoms with Gasteiger partial charge in [0.05, 0.1) is 7.11 Å². The van der Waals surface area contributed by atoms with Gasteiger partial charge in [-0.1, -0.05) is 6.92 Å². The smallest absolute Gasteiger partial charge is 0.154 e. The molecule has 0 atom stereocenters. The predicted octanol–water partition coefficient (Wildman–Crippen LogP) is 2.42. The first-order valence-corrected chi connectivity index (χ1v) is 4.26. The zero-order chi connectivity index (χ0) is 8.27. The maximum absolute atomic E-state index is 5.16. The summed E-state index contributed by atoms with van der Waals surface area (Å²) >= 11 is 3.31. The molecular formula is C8H10BrNO. The Labute approximate surface area is 74.7 Å². The van der Waals surface area contributed by atoms with Gasteiger partial charge in [0.25, 0.3) is 0 Å². The van der Waals surface area contributed by atoms with Crippen LogP contribution in [-0.2, 0) is 6.42 Å². The lowest BCUT2D eigenvalue weighted by Gasteiger charge is -2.06. The highest BCUT2D eigenvalue weighted by molar-refractivity contribution is 9.10. The summed E-state index contributed by atoms with van der Waals surface area (Å²) < 4.78 is 5.93. The lowest BCUT2D eigenvalue weighted by molar-refractivity contribution is 0.405. The van der Waals surface area contributed by atoms with Crippen molar-refractivity contribution in [2.24, 2.45) is 0 Å². The molecule has 0 radical (unpaired) electrons. The Morgan fingerprint density at radius 3 is 2.82 bits per heavy atom. The number of aromatic nitrogens is 1. The van der Waals surface area contributed by atoms with E-state index >= 15 is 0 Å². The van der Waals surface area contributed by atoms with Crippen LogP contribution in [0, 0.1) is 0 Å². The number of nitrogens with zero attached hydrogens (tertiary/aromatic N) is 1. The molecule has 0 fully saturated rings. The molecule has 0 saturated carbocycles. The monoisotopic (exact) mass is 215 g/mol. The van der Waals surface area contributed by atoms with Crippen LogP contribution in [0.4, 0.5) is 0 Å². The molecule has 1 rings (SSSR count). The van der Waals surface area contributed by atoms with Crippen molar-refractivity contribution in [3.8, 4) is 5.75 Å². The zero-order valence-electron chi connectivity index (χ0n) is 6.60. The van der Waals surface area contributed by atoms with E-state index < -0.39 is 0 Å². The Hall–Kier alpha value is -0.570. The lowest BCUT2D eigenvalue weighted by Crippen LogP contribution is -1.92. The summed E-state index contributed by atoms with van der Waals surface area (Å²) in [5.41, 5.74) is 1.18. The van der Waals surface area contributed by atoms with E-state index in [1.165, 1.54) is 5.56 Å². The number of ether oxygens (including phenoxy) is 1. The van der Waals surface area contributed by atoms with Crippen molar-refractivity contribution in [3.05, 3.63) is 22.4 Å². The van der Waals surface area contributed by atoms with Gasteiger partial charge in [-0.25, -0.2) is 4.98 Å². The van der Waals surface area contributed by atoms with Crippen LogP contribution in [0.3, 0.4) is 0 Å². The highest BCUT2D eigenvalue weighted by Crippen LogP contribution is 2.26. The van der Waals surface area contributed by atoms with E-state index in [-0.39, 0.29) is 0 Å². The number of hydrogen-bond donors (Lipinski definition) is 0. The fourth-order valence-electron chi connectivity index (χ4n) is 0.953. The van der Waals surface area contributed by atoms with Gasteiger partial charge in [0, 0.05) is 6.20 Å². The fourth-order valence-corrected chi connectivity index (χ4v) is 1.49. The summed E-state index contributed by atoms with van der Waals surface area (Å²) in [4.78, 5) is 4.05. The SMILES string of the molecule is CCc1ccnc(Br)c1OC. The van der Waals surface area contributed by atoms with Gasteiger partial charge in [-0.2, -0.15) is 0 Å². The summed E-state index contributed by atoms with van der Waals surface area (Å²) in [6.07, 6.45) is 2.73. The highest BCUT2D eigenvalue weighted by Gasteiger charge is 2.04. The number of hydrogen-bond acceptors (Lipinski definition) is 2. The van der Waals surface area contributed by atoms with Crippen molar-refractivity contribution in [2.45, 2.75) is 13.3 Å². The van der Waals surface area contributed by atoms with Crippen LogP contribution in [0.15, 0.2) is 16.9 Å². The third kappa shape index (κ3) is 1.71. The van der Waals surface area contributed by atoms with Crippen LogP contribution in [-0.4, -0.2) is 12.1 Å². The Morgan fingerprint density at radius 1 is 1.64 bits per heavy atom. The third-order valence-corrected chi connectivity index (χ3v) is 2.09. The quantitative estimate of drug-likeness (QED) is 0.708. The number of halogens is 1. The van der Waals surface area contributed by atoms with E-state index in [1.807, 2.05) is 6.07 Å². The summed E-state index contributed by atoms with van der Waals surface area (Å²) in [7, 11) is 1.65. The minimum atomic E-state index is 0.777. The van der Waals surface area contributed by atoms with Gasteiger partial charge in [0.15, 0.2) is 5.75 Å². The highest BCUT2D eigenvalue weighted by atomic mass is 79.9. The van der Waals surface area contributed by atoms with Crippen molar-refractivity contribution in [1.29, 1.82) is 0 Å². The Bertz CT molecular complexity index is 250. The van der Waals surface area contributed by atoms with Crippen LogP contribution in [0.5, 0.6) is 5.75 Å². The van der Waals surface area contributed by atoms with Gasteiger partial charge in [0.2, 0.25) is 0 Å². The Morgan fingerprint density at radius 2 is 2.36 bits per heavy atom. The molecule has 0 aliphatic carbocycles. The minimum Gasteiger partial charge on any atom is -0.494 e. The molecule has 0 bridgehead atoms. The summed E-state index contributed by atoms with van der Waals surface area (Å²) in [6, 6.07) is 1.96. The summed E-state index contributed by atoms with van der Waals surface area (Å²) in [5, 5.41) is 0. The van der Waals surface area contributed by atoms with E-state index in [2.05, 4.69) is 27.8 Å². The lowest BCUT2D eigenvalue weighted by atomic mass is 10.2. The number of pyridine rings is 1. The minimum absolute atomic E-state index is 0.777. The Kier molecular flexibility index (Phi) is 2.88. The fraction of sp³-hybridized carbons (Fsp3) is 0.375. The second kappa shape index (κ2) is 3.72. The molecule has 0 aromatic carbocycles. The van der Waals surface area contributed by atoms with Gasteiger partial charge < -0.3 is 4.74 Å².